The van der Waals surface area contributed by atoms with E-state index in [-0.39, 0.29) is 4.90 Å². The van der Waals surface area contributed by atoms with Crippen LogP contribution in [0.3, 0.4) is 0 Å². The van der Waals surface area contributed by atoms with Crippen molar-refractivity contribution in [3.63, 3.8) is 0 Å². The monoisotopic (exact) mass is 413 g/mol. The minimum absolute atomic E-state index is 0.114. The first-order valence-corrected chi connectivity index (χ1v) is 11.2. The number of aromatic nitrogens is 2. The van der Waals surface area contributed by atoms with Crippen molar-refractivity contribution in [2.24, 2.45) is 0 Å². The van der Waals surface area contributed by atoms with Crippen molar-refractivity contribution >= 4 is 43.8 Å². The number of rotatable bonds is 6. The Morgan fingerprint density at radius 3 is 2.50 bits per heavy atom. The lowest BCUT2D eigenvalue weighted by molar-refractivity contribution is -0.118. The van der Waals surface area contributed by atoms with E-state index in [1.54, 1.807) is 0 Å². The third-order valence-corrected chi connectivity index (χ3v) is 8.28. The fraction of sp³-hybridized carbons (Fsp3) is 0.471. The zero-order valence-corrected chi connectivity index (χ0v) is 16.8. The maximum Gasteiger partial charge on any atom is 0.248 e. The molecule has 0 aliphatic heterocycles. The largest absolute Gasteiger partial charge is 0.299 e. The van der Waals surface area contributed by atoms with Crippen LogP contribution in [0, 0.1) is 0 Å². The van der Waals surface area contributed by atoms with E-state index in [1.165, 1.54) is 35.6 Å². The molecule has 3 rings (SSSR count). The Hall–Kier alpha value is -1.51. The molecule has 0 unspecified atom stereocenters. The summed E-state index contributed by atoms with van der Waals surface area (Å²) in [5.74, 6) is -0.524. The molecule has 0 spiro atoms. The van der Waals surface area contributed by atoms with E-state index in [9.17, 15) is 13.2 Å². The van der Waals surface area contributed by atoms with Crippen LogP contribution in [0.4, 0.5) is 5.13 Å². The van der Waals surface area contributed by atoms with Crippen molar-refractivity contribution in [3.05, 3.63) is 34.3 Å². The first kappa shape index (κ1) is 19.3. The molecule has 26 heavy (non-hydrogen) atoms. The van der Waals surface area contributed by atoms with Crippen LogP contribution in [0.15, 0.2) is 29.2 Å². The lowest BCUT2D eigenvalue weighted by Crippen LogP contribution is -2.47. The molecular weight excluding hydrogens is 394 g/mol. The van der Waals surface area contributed by atoms with Gasteiger partial charge < -0.3 is 0 Å². The molecule has 1 aliphatic carbocycles. The van der Waals surface area contributed by atoms with Crippen LogP contribution in [0.5, 0.6) is 0 Å². The van der Waals surface area contributed by atoms with Gasteiger partial charge in [0.25, 0.3) is 0 Å². The second-order valence-electron chi connectivity index (χ2n) is 6.36. The molecule has 1 fully saturated rings. The Labute approximate surface area is 161 Å². The molecule has 0 atom stereocenters. The zero-order valence-electron chi connectivity index (χ0n) is 14.4. The SMILES string of the molecule is CCCc1nnc(NC(=O)C2(S(=O)(=O)c3ccc(Cl)cc3)CCCC2)s1. The van der Waals surface area contributed by atoms with Crippen molar-refractivity contribution < 1.29 is 13.2 Å². The van der Waals surface area contributed by atoms with Gasteiger partial charge in [-0.25, -0.2) is 8.42 Å². The number of nitrogens with one attached hydrogen (secondary N) is 1. The molecule has 0 radical (unpaired) electrons. The highest BCUT2D eigenvalue weighted by Crippen LogP contribution is 2.41. The number of anilines is 1. The van der Waals surface area contributed by atoms with Gasteiger partial charge in [0.15, 0.2) is 14.6 Å². The van der Waals surface area contributed by atoms with Crippen LogP contribution in [0.1, 0.15) is 44.0 Å². The Kier molecular flexibility index (Phi) is 5.64. The molecule has 9 heteroatoms. The summed E-state index contributed by atoms with van der Waals surface area (Å²) in [6.45, 7) is 2.03. The number of nitrogens with zero attached hydrogens (tertiary/aromatic N) is 2. The molecule has 6 nitrogen and oxygen atoms in total. The standard InChI is InChI=1S/C17H20ClN3O3S2/c1-2-5-14-20-21-16(25-14)19-15(22)17(10-3-4-11-17)26(23,24)13-8-6-12(18)7-9-13/h6-9H,2-5,10-11H2,1H3,(H,19,21,22). The normalized spacial score (nSPS) is 16.5. The molecule has 2 aromatic rings. The van der Waals surface area contributed by atoms with Gasteiger partial charge in [0.2, 0.25) is 11.0 Å². The molecular formula is C17H20ClN3O3S2. The van der Waals surface area contributed by atoms with Gasteiger partial charge in [-0.2, -0.15) is 0 Å². The number of hydrogen-bond donors (Lipinski definition) is 1. The summed E-state index contributed by atoms with van der Waals surface area (Å²) in [6, 6.07) is 5.96. The average molecular weight is 414 g/mol. The van der Waals surface area contributed by atoms with E-state index in [0.29, 0.717) is 35.8 Å². The van der Waals surface area contributed by atoms with Crippen molar-refractivity contribution in [1.82, 2.24) is 10.2 Å². The van der Waals surface area contributed by atoms with Crippen LogP contribution in [-0.4, -0.2) is 29.3 Å². The number of halogens is 1. The first-order valence-electron chi connectivity index (χ1n) is 8.53. The van der Waals surface area contributed by atoms with Gasteiger partial charge in [-0.1, -0.05) is 42.7 Å². The van der Waals surface area contributed by atoms with Gasteiger partial charge in [0.1, 0.15) is 5.01 Å². The minimum atomic E-state index is -3.85. The summed E-state index contributed by atoms with van der Waals surface area (Å²) in [5.41, 5.74) is 0. The minimum Gasteiger partial charge on any atom is -0.299 e. The van der Waals surface area contributed by atoms with E-state index in [1.807, 2.05) is 6.92 Å². The summed E-state index contributed by atoms with van der Waals surface area (Å²) >= 11 is 7.15. The van der Waals surface area contributed by atoms with Gasteiger partial charge in [-0.05, 0) is 43.5 Å². The van der Waals surface area contributed by atoms with E-state index < -0.39 is 20.5 Å². The van der Waals surface area contributed by atoms with Gasteiger partial charge in [-0.15, -0.1) is 10.2 Å². The zero-order chi connectivity index (χ0) is 18.8. The molecule has 1 amide bonds. The van der Waals surface area contributed by atoms with Crippen LogP contribution in [0.2, 0.25) is 5.02 Å². The van der Waals surface area contributed by atoms with E-state index in [2.05, 4.69) is 15.5 Å². The molecule has 1 aromatic carbocycles. The maximum absolute atomic E-state index is 13.3. The quantitative estimate of drug-likeness (QED) is 0.776. The van der Waals surface area contributed by atoms with Gasteiger partial charge in [0.05, 0.1) is 4.90 Å². The Balaban J connectivity index is 1.91. The highest BCUT2D eigenvalue weighted by atomic mass is 35.5. The van der Waals surface area contributed by atoms with Crippen molar-refractivity contribution in [3.8, 4) is 0 Å². The van der Waals surface area contributed by atoms with Gasteiger partial charge in [-0.3, -0.25) is 10.1 Å². The third kappa shape index (κ3) is 3.50. The highest BCUT2D eigenvalue weighted by molar-refractivity contribution is 7.93. The summed E-state index contributed by atoms with van der Waals surface area (Å²) in [7, 11) is -3.85. The van der Waals surface area contributed by atoms with Crippen molar-refractivity contribution in [2.75, 3.05) is 5.32 Å². The predicted octanol–water partition coefficient (Wildman–Crippen LogP) is 3.87. The summed E-state index contributed by atoms with van der Waals surface area (Å²) < 4.78 is 25.1. The molecule has 0 saturated heterocycles. The molecule has 1 heterocycles. The number of carbonyl (C=O) groups is 1. The van der Waals surface area contributed by atoms with E-state index in [4.69, 9.17) is 11.6 Å². The molecule has 0 bridgehead atoms. The lowest BCUT2D eigenvalue weighted by atomic mass is 10.1. The second-order valence-corrected chi connectivity index (χ2v) is 10.1. The Morgan fingerprint density at radius 1 is 1.23 bits per heavy atom. The first-order chi connectivity index (χ1) is 12.4. The Morgan fingerprint density at radius 2 is 1.88 bits per heavy atom. The van der Waals surface area contributed by atoms with E-state index in [0.717, 1.165) is 17.8 Å². The number of aryl methyl sites for hydroxylation is 1. The molecule has 140 valence electrons. The smallest absolute Gasteiger partial charge is 0.248 e. The fourth-order valence-electron chi connectivity index (χ4n) is 3.23. The van der Waals surface area contributed by atoms with Gasteiger partial charge in [0, 0.05) is 11.4 Å². The number of carbonyl (C=O) groups excluding carboxylic acids is 1. The number of amides is 1. The topological polar surface area (TPSA) is 89.0 Å². The van der Waals surface area contributed by atoms with Crippen molar-refractivity contribution in [1.29, 1.82) is 0 Å². The van der Waals surface area contributed by atoms with Crippen LogP contribution in [0.25, 0.3) is 0 Å². The molecule has 1 aliphatic rings. The molecule has 1 N–H and O–H groups in total. The van der Waals surface area contributed by atoms with Crippen molar-refractivity contribution in [2.45, 2.75) is 55.1 Å². The summed E-state index contributed by atoms with van der Waals surface area (Å²) in [5, 5.41) is 12.3. The number of benzene rings is 1. The molecule has 1 aromatic heterocycles. The maximum atomic E-state index is 13.3. The molecule has 1 saturated carbocycles. The Bertz CT molecular complexity index is 888. The number of sulfone groups is 1. The third-order valence-electron chi connectivity index (χ3n) is 4.61. The van der Waals surface area contributed by atoms with Crippen LogP contribution in [-0.2, 0) is 21.1 Å². The average Bonchev–Trinajstić information content (AvgIpc) is 3.26. The van der Waals surface area contributed by atoms with Crippen LogP contribution >= 0.6 is 22.9 Å². The summed E-state index contributed by atoms with van der Waals surface area (Å²) in [6.07, 6.45) is 3.68. The van der Waals surface area contributed by atoms with E-state index >= 15 is 0 Å². The lowest BCUT2D eigenvalue weighted by Gasteiger charge is -2.27. The number of hydrogen-bond acceptors (Lipinski definition) is 6. The van der Waals surface area contributed by atoms with Crippen LogP contribution < -0.4 is 5.32 Å². The fourth-order valence-corrected chi connectivity index (χ4v) is 6.26. The predicted molar refractivity (Wildman–Crippen MR) is 102 cm³/mol. The highest BCUT2D eigenvalue weighted by Gasteiger charge is 2.53. The summed E-state index contributed by atoms with van der Waals surface area (Å²) in [4.78, 5) is 13.1. The van der Waals surface area contributed by atoms with Gasteiger partial charge >= 0.3 is 0 Å². The second kappa shape index (κ2) is 7.62.